The largest absolute Gasteiger partial charge is 0.377 e. The standard InChI is InChI=1S/C12H27NO/c1-10(2)7-6-8-14-12(9-13-5)11(3)4/h10-13H,6-9H2,1-5H3. The average Bonchev–Trinajstić information content (AvgIpc) is 2.09. The van der Waals surface area contributed by atoms with Gasteiger partial charge in [0.25, 0.3) is 0 Å². The third kappa shape index (κ3) is 7.34. The highest BCUT2D eigenvalue weighted by molar-refractivity contribution is 4.64. The first-order chi connectivity index (χ1) is 6.57. The first-order valence-corrected chi connectivity index (χ1v) is 5.84. The van der Waals surface area contributed by atoms with Gasteiger partial charge in [-0.2, -0.15) is 0 Å². The van der Waals surface area contributed by atoms with E-state index in [1.807, 2.05) is 7.05 Å². The molecule has 2 heteroatoms. The molecule has 0 aromatic rings. The van der Waals surface area contributed by atoms with Gasteiger partial charge in [0.2, 0.25) is 0 Å². The van der Waals surface area contributed by atoms with Crippen molar-refractivity contribution < 1.29 is 4.74 Å². The first kappa shape index (κ1) is 13.9. The number of nitrogens with one attached hydrogen (secondary N) is 1. The maximum absolute atomic E-state index is 5.83. The lowest BCUT2D eigenvalue weighted by Crippen LogP contribution is -2.31. The Morgan fingerprint density at radius 2 is 1.79 bits per heavy atom. The Hall–Kier alpha value is -0.0800. The number of hydrogen-bond acceptors (Lipinski definition) is 2. The van der Waals surface area contributed by atoms with Crippen LogP contribution < -0.4 is 5.32 Å². The second-order valence-corrected chi connectivity index (χ2v) is 4.75. The van der Waals surface area contributed by atoms with E-state index in [4.69, 9.17) is 4.74 Å². The van der Waals surface area contributed by atoms with E-state index in [0.717, 1.165) is 19.1 Å². The number of hydrogen-bond donors (Lipinski definition) is 1. The topological polar surface area (TPSA) is 21.3 Å². The lowest BCUT2D eigenvalue weighted by Gasteiger charge is -2.21. The fraction of sp³-hybridized carbons (Fsp3) is 1.00. The van der Waals surface area contributed by atoms with Crippen LogP contribution in [0.2, 0.25) is 0 Å². The number of ether oxygens (including phenoxy) is 1. The van der Waals surface area contributed by atoms with Crippen molar-refractivity contribution in [3.63, 3.8) is 0 Å². The summed E-state index contributed by atoms with van der Waals surface area (Å²) in [6.07, 6.45) is 2.82. The monoisotopic (exact) mass is 201 g/mol. The van der Waals surface area contributed by atoms with Gasteiger partial charge in [0.15, 0.2) is 0 Å². The van der Waals surface area contributed by atoms with E-state index in [0.29, 0.717) is 12.0 Å². The fourth-order valence-corrected chi connectivity index (χ4v) is 1.41. The maximum Gasteiger partial charge on any atom is 0.0722 e. The van der Waals surface area contributed by atoms with Gasteiger partial charge in [0.05, 0.1) is 6.10 Å². The van der Waals surface area contributed by atoms with E-state index in [1.54, 1.807) is 0 Å². The average molecular weight is 201 g/mol. The van der Waals surface area contributed by atoms with Gasteiger partial charge in [0, 0.05) is 13.2 Å². The molecule has 0 bridgehead atoms. The van der Waals surface area contributed by atoms with E-state index in [1.165, 1.54) is 12.8 Å². The molecule has 2 nitrogen and oxygen atoms in total. The molecule has 0 aromatic carbocycles. The van der Waals surface area contributed by atoms with Crippen LogP contribution in [0.25, 0.3) is 0 Å². The van der Waals surface area contributed by atoms with Gasteiger partial charge in [-0.15, -0.1) is 0 Å². The zero-order chi connectivity index (χ0) is 11.0. The summed E-state index contributed by atoms with van der Waals surface area (Å²) in [5.74, 6) is 1.39. The lowest BCUT2D eigenvalue weighted by atomic mass is 10.1. The Labute approximate surface area is 89.4 Å². The molecule has 0 aliphatic rings. The Morgan fingerprint density at radius 1 is 1.14 bits per heavy atom. The molecule has 86 valence electrons. The normalized spacial score (nSPS) is 13.9. The molecule has 0 saturated heterocycles. The fourth-order valence-electron chi connectivity index (χ4n) is 1.41. The Kier molecular flexibility index (Phi) is 8.20. The summed E-state index contributed by atoms with van der Waals surface area (Å²) >= 11 is 0. The van der Waals surface area contributed by atoms with Crippen LogP contribution in [0.5, 0.6) is 0 Å². The van der Waals surface area contributed by atoms with E-state index in [-0.39, 0.29) is 0 Å². The van der Waals surface area contributed by atoms with Gasteiger partial charge in [-0.25, -0.2) is 0 Å². The number of likely N-dealkylation sites (N-methyl/N-ethyl adjacent to an activating group) is 1. The van der Waals surface area contributed by atoms with Crippen LogP contribution in [0.15, 0.2) is 0 Å². The smallest absolute Gasteiger partial charge is 0.0722 e. The number of rotatable bonds is 8. The van der Waals surface area contributed by atoms with Gasteiger partial charge in [-0.05, 0) is 31.7 Å². The maximum atomic E-state index is 5.83. The van der Waals surface area contributed by atoms with Gasteiger partial charge >= 0.3 is 0 Å². The second-order valence-electron chi connectivity index (χ2n) is 4.75. The van der Waals surface area contributed by atoms with Crippen LogP contribution in [-0.2, 0) is 4.74 Å². The minimum atomic E-state index is 0.368. The molecule has 0 aromatic heterocycles. The van der Waals surface area contributed by atoms with Crippen LogP contribution in [0.1, 0.15) is 40.5 Å². The molecular weight excluding hydrogens is 174 g/mol. The van der Waals surface area contributed by atoms with Crippen molar-refractivity contribution in [3.8, 4) is 0 Å². The third-order valence-corrected chi connectivity index (χ3v) is 2.41. The highest BCUT2D eigenvalue weighted by Gasteiger charge is 2.12. The summed E-state index contributed by atoms with van der Waals surface area (Å²) in [6.45, 7) is 10.8. The molecule has 0 heterocycles. The van der Waals surface area contributed by atoms with Crippen LogP contribution in [0.4, 0.5) is 0 Å². The van der Waals surface area contributed by atoms with E-state index < -0.39 is 0 Å². The summed E-state index contributed by atoms with van der Waals surface area (Å²) in [5, 5.41) is 3.17. The van der Waals surface area contributed by atoms with Crippen molar-refractivity contribution in [2.24, 2.45) is 11.8 Å². The van der Waals surface area contributed by atoms with Crippen LogP contribution in [0, 0.1) is 11.8 Å². The zero-order valence-corrected chi connectivity index (χ0v) is 10.5. The van der Waals surface area contributed by atoms with Gasteiger partial charge in [-0.1, -0.05) is 27.7 Å². The molecular formula is C12H27NO. The molecule has 0 amide bonds. The predicted octanol–water partition coefficient (Wildman–Crippen LogP) is 2.68. The summed E-state index contributed by atoms with van der Waals surface area (Å²) in [5.41, 5.74) is 0. The first-order valence-electron chi connectivity index (χ1n) is 5.84. The molecule has 0 saturated carbocycles. The Bertz CT molecular complexity index is 123. The third-order valence-electron chi connectivity index (χ3n) is 2.41. The van der Waals surface area contributed by atoms with E-state index in [9.17, 15) is 0 Å². The van der Waals surface area contributed by atoms with Crippen LogP contribution >= 0.6 is 0 Å². The molecule has 0 radical (unpaired) electrons. The van der Waals surface area contributed by atoms with Crippen molar-refractivity contribution in [2.75, 3.05) is 20.2 Å². The van der Waals surface area contributed by atoms with Crippen LogP contribution in [0.3, 0.4) is 0 Å². The second kappa shape index (κ2) is 8.25. The molecule has 0 rings (SSSR count). The van der Waals surface area contributed by atoms with Crippen molar-refractivity contribution in [1.82, 2.24) is 5.32 Å². The van der Waals surface area contributed by atoms with Gasteiger partial charge < -0.3 is 10.1 Å². The highest BCUT2D eigenvalue weighted by Crippen LogP contribution is 2.08. The molecule has 0 aliphatic heterocycles. The summed E-state index contributed by atoms with van der Waals surface area (Å²) in [6, 6.07) is 0. The molecule has 0 fully saturated rings. The summed E-state index contributed by atoms with van der Waals surface area (Å²) < 4.78 is 5.83. The molecule has 1 atom stereocenters. The summed E-state index contributed by atoms with van der Waals surface area (Å²) in [7, 11) is 1.98. The van der Waals surface area contributed by atoms with Crippen molar-refractivity contribution in [3.05, 3.63) is 0 Å². The zero-order valence-electron chi connectivity index (χ0n) is 10.5. The molecule has 1 N–H and O–H groups in total. The Morgan fingerprint density at radius 3 is 2.21 bits per heavy atom. The SMILES string of the molecule is CNCC(OCCCC(C)C)C(C)C. The van der Waals surface area contributed by atoms with Crippen molar-refractivity contribution in [2.45, 2.75) is 46.6 Å². The highest BCUT2D eigenvalue weighted by atomic mass is 16.5. The minimum absolute atomic E-state index is 0.368. The molecule has 0 spiro atoms. The molecule has 1 unspecified atom stereocenters. The van der Waals surface area contributed by atoms with Crippen molar-refractivity contribution >= 4 is 0 Å². The summed E-state index contributed by atoms with van der Waals surface area (Å²) in [4.78, 5) is 0. The van der Waals surface area contributed by atoms with Gasteiger partial charge in [-0.3, -0.25) is 0 Å². The van der Waals surface area contributed by atoms with Gasteiger partial charge in [0.1, 0.15) is 0 Å². The minimum Gasteiger partial charge on any atom is -0.377 e. The van der Waals surface area contributed by atoms with E-state index in [2.05, 4.69) is 33.0 Å². The van der Waals surface area contributed by atoms with Crippen LogP contribution in [-0.4, -0.2) is 26.3 Å². The van der Waals surface area contributed by atoms with Crippen molar-refractivity contribution in [1.29, 1.82) is 0 Å². The quantitative estimate of drug-likeness (QED) is 0.610. The van der Waals surface area contributed by atoms with E-state index >= 15 is 0 Å². The lowest BCUT2D eigenvalue weighted by molar-refractivity contribution is 0.0211. The Balaban J connectivity index is 3.50. The molecule has 0 aliphatic carbocycles. The molecule has 14 heavy (non-hydrogen) atoms. The predicted molar refractivity (Wildman–Crippen MR) is 62.6 cm³/mol.